The van der Waals surface area contributed by atoms with Crippen LogP contribution in [0.25, 0.3) is 22.2 Å². The fourth-order valence-electron chi connectivity index (χ4n) is 5.98. The van der Waals surface area contributed by atoms with E-state index in [2.05, 4.69) is 25.6 Å². The number of carbonyl (C=O) groups excluding carboxylic acids is 1. The van der Waals surface area contributed by atoms with Crippen LogP contribution < -0.4 is 10.6 Å². The first-order valence-corrected chi connectivity index (χ1v) is 13.4. The van der Waals surface area contributed by atoms with Gasteiger partial charge in [-0.15, -0.1) is 0 Å². The number of likely N-dealkylation sites (tertiary alicyclic amines) is 1. The number of carbonyl (C=O) groups is 1. The van der Waals surface area contributed by atoms with E-state index in [0.29, 0.717) is 39.7 Å². The molecule has 1 aromatic carbocycles. The molecule has 2 N–H and O–H groups in total. The SMILES string of the molecule is Cc1cc2c(F)cc(-c3nc(Nc4ccc(C(=O)N5CCC6CNCC6C5)cn4)ncc3F)cc2n1C(C)C. The van der Waals surface area contributed by atoms with Gasteiger partial charge in [0.05, 0.1) is 17.3 Å². The Bertz CT molecular complexity index is 1550. The van der Waals surface area contributed by atoms with Crippen LogP contribution >= 0.6 is 0 Å². The summed E-state index contributed by atoms with van der Waals surface area (Å²) in [6.45, 7) is 9.47. The number of piperidine rings is 1. The lowest BCUT2D eigenvalue weighted by Crippen LogP contribution is -2.43. The molecule has 0 radical (unpaired) electrons. The summed E-state index contributed by atoms with van der Waals surface area (Å²) in [6.07, 6.45) is 3.60. The van der Waals surface area contributed by atoms with E-state index < -0.39 is 11.6 Å². The van der Waals surface area contributed by atoms with E-state index in [-0.39, 0.29) is 23.6 Å². The van der Waals surface area contributed by atoms with Gasteiger partial charge in [-0.1, -0.05) is 0 Å². The Kier molecular flexibility index (Phi) is 6.50. The normalized spacial score (nSPS) is 19.1. The fraction of sp³-hybridized carbons (Fsp3) is 0.379. The van der Waals surface area contributed by atoms with E-state index in [1.165, 1.54) is 12.3 Å². The quantitative estimate of drug-likeness (QED) is 0.373. The van der Waals surface area contributed by atoms with Crippen LogP contribution in [0.3, 0.4) is 0 Å². The third-order valence-corrected chi connectivity index (χ3v) is 7.88. The molecule has 2 unspecified atom stereocenters. The maximum Gasteiger partial charge on any atom is 0.255 e. The van der Waals surface area contributed by atoms with Crippen LogP contribution in [0.15, 0.2) is 42.7 Å². The molecule has 8 nitrogen and oxygen atoms in total. The van der Waals surface area contributed by atoms with E-state index in [4.69, 9.17) is 0 Å². The Morgan fingerprint density at radius 3 is 2.67 bits per heavy atom. The van der Waals surface area contributed by atoms with Crippen LogP contribution in [0, 0.1) is 30.4 Å². The third-order valence-electron chi connectivity index (χ3n) is 7.88. The monoisotopic (exact) mass is 531 g/mol. The number of anilines is 2. The number of aryl methyl sites for hydroxylation is 1. The number of nitrogens with one attached hydrogen (secondary N) is 2. The molecule has 2 aliphatic rings. The summed E-state index contributed by atoms with van der Waals surface area (Å²) in [4.78, 5) is 27.7. The van der Waals surface area contributed by atoms with Crippen LogP contribution in [-0.4, -0.2) is 56.5 Å². The van der Waals surface area contributed by atoms with Crippen molar-refractivity contribution in [1.82, 2.24) is 29.7 Å². The summed E-state index contributed by atoms with van der Waals surface area (Å²) in [5, 5.41) is 6.87. The van der Waals surface area contributed by atoms with Gasteiger partial charge in [0.1, 0.15) is 17.3 Å². The number of benzene rings is 1. The van der Waals surface area contributed by atoms with Gasteiger partial charge in [-0.2, -0.15) is 0 Å². The molecule has 3 aromatic heterocycles. The van der Waals surface area contributed by atoms with E-state index in [0.717, 1.165) is 44.5 Å². The number of hydrogen-bond donors (Lipinski definition) is 2. The molecular weight excluding hydrogens is 500 g/mol. The van der Waals surface area contributed by atoms with E-state index in [1.54, 1.807) is 24.3 Å². The first-order valence-electron chi connectivity index (χ1n) is 13.4. The zero-order chi connectivity index (χ0) is 27.3. The molecule has 39 heavy (non-hydrogen) atoms. The number of nitrogens with zero attached hydrogens (tertiary/aromatic N) is 5. The number of aromatic nitrogens is 4. The Labute approximate surface area is 225 Å². The summed E-state index contributed by atoms with van der Waals surface area (Å²) in [5.41, 5.74) is 2.42. The fourth-order valence-corrected chi connectivity index (χ4v) is 5.98. The molecule has 10 heteroatoms. The Balaban J connectivity index is 1.22. The van der Waals surface area contributed by atoms with Gasteiger partial charge in [0.25, 0.3) is 5.91 Å². The number of rotatable bonds is 5. The largest absolute Gasteiger partial charge is 0.342 e. The Morgan fingerprint density at radius 2 is 1.90 bits per heavy atom. The molecule has 0 aliphatic carbocycles. The summed E-state index contributed by atoms with van der Waals surface area (Å²) in [7, 11) is 0. The van der Waals surface area contributed by atoms with Crippen LogP contribution in [0.5, 0.6) is 0 Å². The second-order valence-corrected chi connectivity index (χ2v) is 10.8. The molecule has 0 saturated carbocycles. The smallest absolute Gasteiger partial charge is 0.255 e. The highest BCUT2D eigenvalue weighted by atomic mass is 19.1. The van der Waals surface area contributed by atoms with Gasteiger partial charge in [-0.05, 0) is 82.4 Å². The first-order chi connectivity index (χ1) is 18.8. The molecule has 2 aliphatic heterocycles. The third kappa shape index (κ3) is 4.73. The van der Waals surface area contributed by atoms with Gasteiger partial charge in [0.15, 0.2) is 5.82 Å². The van der Waals surface area contributed by atoms with Gasteiger partial charge in [-0.3, -0.25) is 4.79 Å². The number of hydrogen-bond acceptors (Lipinski definition) is 6. The minimum Gasteiger partial charge on any atom is -0.342 e. The van der Waals surface area contributed by atoms with Crippen LogP contribution in [-0.2, 0) is 0 Å². The highest BCUT2D eigenvalue weighted by Gasteiger charge is 2.34. The van der Waals surface area contributed by atoms with Crippen LogP contribution in [0.4, 0.5) is 20.5 Å². The Hall–Kier alpha value is -3.92. The topological polar surface area (TPSA) is 88.0 Å². The van der Waals surface area contributed by atoms with Crippen molar-refractivity contribution in [2.24, 2.45) is 11.8 Å². The van der Waals surface area contributed by atoms with Gasteiger partial charge < -0.3 is 20.1 Å². The maximum atomic E-state index is 15.0. The van der Waals surface area contributed by atoms with Gasteiger partial charge in [0.2, 0.25) is 5.95 Å². The molecular formula is C29H31F2N7O. The average Bonchev–Trinajstić information content (AvgIpc) is 3.53. The average molecular weight is 532 g/mol. The van der Waals surface area contributed by atoms with Gasteiger partial charge in [0, 0.05) is 42.0 Å². The molecule has 202 valence electrons. The van der Waals surface area contributed by atoms with Crippen LogP contribution in [0.2, 0.25) is 0 Å². The minimum absolute atomic E-state index is 0.0148. The van der Waals surface area contributed by atoms with Gasteiger partial charge in [-0.25, -0.2) is 23.7 Å². The predicted octanol–water partition coefficient (Wildman–Crippen LogP) is 5.09. The number of pyridine rings is 1. The van der Waals surface area contributed by atoms with Crippen LogP contribution in [0.1, 0.15) is 42.4 Å². The van der Waals surface area contributed by atoms with Crippen molar-refractivity contribution in [3.63, 3.8) is 0 Å². The lowest BCUT2D eigenvalue weighted by Gasteiger charge is -2.34. The number of halogens is 2. The minimum atomic E-state index is -0.659. The zero-order valence-electron chi connectivity index (χ0n) is 22.2. The molecule has 5 heterocycles. The van der Waals surface area contributed by atoms with Crippen molar-refractivity contribution in [2.45, 2.75) is 33.2 Å². The predicted molar refractivity (Wildman–Crippen MR) is 146 cm³/mol. The summed E-state index contributed by atoms with van der Waals surface area (Å²) >= 11 is 0. The van der Waals surface area contributed by atoms with Crippen molar-refractivity contribution in [2.75, 3.05) is 31.5 Å². The lowest BCUT2D eigenvalue weighted by atomic mass is 9.88. The van der Waals surface area contributed by atoms with Crippen molar-refractivity contribution in [1.29, 1.82) is 0 Å². The van der Waals surface area contributed by atoms with Crippen molar-refractivity contribution < 1.29 is 13.6 Å². The number of amides is 1. The molecule has 2 saturated heterocycles. The van der Waals surface area contributed by atoms with E-state index in [9.17, 15) is 9.18 Å². The van der Waals surface area contributed by atoms with E-state index in [1.807, 2.05) is 30.2 Å². The molecule has 4 aromatic rings. The van der Waals surface area contributed by atoms with Gasteiger partial charge >= 0.3 is 0 Å². The molecule has 6 rings (SSSR count). The number of fused-ring (bicyclic) bond motifs is 2. The molecule has 2 fully saturated rings. The van der Waals surface area contributed by atoms with Crippen molar-refractivity contribution in [3.05, 3.63) is 65.6 Å². The highest BCUT2D eigenvalue weighted by Crippen LogP contribution is 2.32. The van der Waals surface area contributed by atoms with E-state index >= 15 is 4.39 Å². The molecule has 0 spiro atoms. The summed E-state index contributed by atoms with van der Waals surface area (Å²) in [6, 6.07) is 8.35. The molecule has 0 bridgehead atoms. The summed E-state index contributed by atoms with van der Waals surface area (Å²) < 4.78 is 31.9. The Morgan fingerprint density at radius 1 is 1.08 bits per heavy atom. The van der Waals surface area contributed by atoms with Crippen molar-refractivity contribution >= 4 is 28.6 Å². The first kappa shape index (κ1) is 25.4. The lowest BCUT2D eigenvalue weighted by molar-refractivity contribution is 0.0642. The zero-order valence-corrected chi connectivity index (χ0v) is 22.2. The maximum absolute atomic E-state index is 15.0. The molecule has 2 atom stereocenters. The standard InChI is InChI=1S/C29H31F2N7O/c1-16(2)38-17(3)8-22-23(30)9-20(10-25(22)38)27-24(31)14-34-29(36-27)35-26-5-4-19(13-33-26)28(39)37-7-6-18-11-32-12-21(18)15-37/h4-5,8-10,13-14,16,18,21,32H,6-7,11-12,15H2,1-3H3,(H,33,34,35,36). The molecule has 1 amide bonds. The van der Waals surface area contributed by atoms with Crippen molar-refractivity contribution in [3.8, 4) is 11.3 Å². The summed E-state index contributed by atoms with van der Waals surface area (Å²) in [5.74, 6) is 0.565. The second kappa shape index (κ2) is 10.00. The second-order valence-electron chi connectivity index (χ2n) is 10.8. The highest BCUT2D eigenvalue weighted by molar-refractivity contribution is 5.94.